The number of aryl methyl sites for hydroxylation is 1. The summed E-state index contributed by atoms with van der Waals surface area (Å²) in [7, 11) is 0.607. The van der Waals surface area contributed by atoms with Gasteiger partial charge in [0, 0.05) is 30.8 Å². The molecule has 0 amide bonds. The summed E-state index contributed by atoms with van der Waals surface area (Å²) in [4.78, 5) is 2.06. The van der Waals surface area contributed by atoms with Gasteiger partial charge in [0.2, 0.25) is 0 Å². The van der Waals surface area contributed by atoms with E-state index in [4.69, 9.17) is 4.52 Å². The lowest BCUT2D eigenvalue weighted by Gasteiger charge is -2.41. The fraction of sp³-hybridized carbons (Fsp3) is 0.438. The van der Waals surface area contributed by atoms with Gasteiger partial charge in [-0.15, -0.1) is 0 Å². The molecular formula is C32H43N2O2P. The predicted molar refractivity (Wildman–Crippen MR) is 158 cm³/mol. The Labute approximate surface area is 223 Å². The standard InChI is InChI=1S/C32H43N2O2P/c1-23(2)30-21-14-25(4)22-31(30)36-37(35,29-19-17-28(18-20-29)34(5)6)32(26-15-12-24(3)13-16-26)33-27-10-8-7-9-11-27/h7-13,15-20,23,25,30-33H,14,21-22H2,1-6H3/t25-,30-,31-,32-,37+/m1/s1. The lowest BCUT2D eigenvalue weighted by molar-refractivity contribution is 0.0489. The second-order valence-electron chi connectivity index (χ2n) is 11.3. The number of rotatable bonds is 9. The van der Waals surface area contributed by atoms with Crippen molar-refractivity contribution in [1.29, 1.82) is 0 Å². The molecule has 1 saturated carbocycles. The summed E-state index contributed by atoms with van der Waals surface area (Å²) in [6, 6.07) is 26.5. The maximum absolute atomic E-state index is 15.5. The molecule has 0 radical (unpaired) electrons. The number of anilines is 2. The molecule has 37 heavy (non-hydrogen) atoms. The topological polar surface area (TPSA) is 41.6 Å². The van der Waals surface area contributed by atoms with E-state index in [9.17, 15) is 0 Å². The highest BCUT2D eigenvalue weighted by molar-refractivity contribution is 7.67. The second-order valence-corrected chi connectivity index (χ2v) is 13.7. The number of nitrogens with one attached hydrogen (secondary N) is 1. The summed E-state index contributed by atoms with van der Waals surface area (Å²) in [5.74, 6) is 0.915. The van der Waals surface area contributed by atoms with E-state index in [1.165, 1.54) is 12.0 Å². The molecule has 0 heterocycles. The van der Waals surface area contributed by atoms with E-state index < -0.39 is 13.2 Å². The van der Waals surface area contributed by atoms with E-state index in [0.29, 0.717) is 17.8 Å². The zero-order valence-corrected chi connectivity index (χ0v) is 24.1. The first kappa shape index (κ1) is 27.5. The van der Waals surface area contributed by atoms with Gasteiger partial charge in [0.1, 0.15) is 5.78 Å². The summed E-state index contributed by atoms with van der Waals surface area (Å²) in [6.45, 7) is 8.92. The Balaban J connectivity index is 1.84. The highest BCUT2D eigenvalue weighted by Gasteiger charge is 2.43. The average Bonchev–Trinajstić information content (AvgIpc) is 2.88. The molecule has 0 unspecified atom stereocenters. The zero-order valence-electron chi connectivity index (χ0n) is 23.2. The van der Waals surface area contributed by atoms with Crippen molar-refractivity contribution >= 4 is 24.0 Å². The van der Waals surface area contributed by atoms with Crippen LogP contribution in [0, 0.1) is 24.7 Å². The molecular weight excluding hydrogens is 475 g/mol. The van der Waals surface area contributed by atoms with Crippen LogP contribution in [0.2, 0.25) is 0 Å². The van der Waals surface area contributed by atoms with E-state index in [2.05, 4.69) is 62.2 Å². The van der Waals surface area contributed by atoms with Crippen LogP contribution in [0.3, 0.4) is 0 Å². The minimum Gasteiger partial charge on any atom is -0.378 e. The third kappa shape index (κ3) is 6.48. The van der Waals surface area contributed by atoms with Gasteiger partial charge in [-0.1, -0.05) is 75.2 Å². The van der Waals surface area contributed by atoms with E-state index in [-0.39, 0.29) is 6.10 Å². The summed E-state index contributed by atoms with van der Waals surface area (Å²) in [5.41, 5.74) is 4.15. The Bertz CT molecular complexity index is 1180. The van der Waals surface area contributed by atoms with Crippen molar-refractivity contribution in [3.63, 3.8) is 0 Å². The molecule has 0 aliphatic heterocycles. The third-order valence-corrected chi connectivity index (χ3v) is 10.5. The van der Waals surface area contributed by atoms with E-state index in [1.54, 1.807) is 0 Å². The normalized spacial score (nSPS) is 22.3. The maximum atomic E-state index is 15.5. The summed E-state index contributed by atoms with van der Waals surface area (Å²) in [5, 5.41) is 4.39. The summed E-state index contributed by atoms with van der Waals surface area (Å²) in [6.07, 6.45) is 3.21. The van der Waals surface area contributed by atoms with Crippen LogP contribution in [-0.2, 0) is 9.09 Å². The van der Waals surface area contributed by atoms with E-state index in [1.807, 2.05) is 68.7 Å². The highest BCUT2D eigenvalue weighted by atomic mass is 31.2. The Morgan fingerprint density at radius 3 is 2.16 bits per heavy atom. The van der Waals surface area contributed by atoms with Gasteiger partial charge in [-0.25, -0.2) is 0 Å². The molecule has 1 N–H and O–H groups in total. The largest absolute Gasteiger partial charge is 0.378 e. The molecule has 1 fully saturated rings. The fourth-order valence-electron chi connectivity index (χ4n) is 5.47. The van der Waals surface area contributed by atoms with E-state index >= 15 is 4.57 Å². The molecule has 1 aliphatic rings. The lowest BCUT2D eigenvalue weighted by atomic mass is 9.75. The molecule has 4 rings (SSSR count). The van der Waals surface area contributed by atoms with Crippen molar-refractivity contribution < 1.29 is 9.09 Å². The van der Waals surface area contributed by atoms with Gasteiger partial charge in [-0.2, -0.15) is 0 Å². The molecule has 0 aromatic heterocycles. The highest BCUT2D eigenvalue weighted by Crippen LogP contribution is 2.61. The number of para-hydroxylation sites is 1. The summed E-state index contributed by atoms with van der Waals surface area (Å²) < 4.78 is 22.5. The summed E-state index contributed by atoms with van der Waals surface area (Å²) >= 11 is 0. The van der Waals surface area contributed by atoms with E-state index in [0.717, 1.165) is 35.1 Å². The second kappa shape index (κ2) is 11.9. The van der Waals surface area contributed by atoms with Gasteiger partial charge in [0.05, 0.1) is 6.10 Å². The van der Waals surface area contributed by atoms with Crippen LogP contribution in [0.5, 0.6) is 0 Å². The van der Waals surface area contributed by atoms with Crippen molar-refractivity contribution in [2.45, 2.75) is 58.8 Å². The first-order valence-corrected chi connectivity index (χ1v) is 15.3. The van der Waals surface area contributed by atoms with Crippen LogP contribution in [0.1, 0.15) is 56.9 Å². The predicted octanol–water partition coefficient (Wildman–Crippen LogP) is 8.25. The van der Waals surface area contributed by atoms with Crippen LogP contribution >= 0.6 is 7.37 Å². The molecule has 0 bridgehead atoms. The van der Waals surface area contributed by atoms with Gasteiger partial charge in [0.25, 0.3) is 7.37 Å². The molecule has 0 spiro atoms. The SMILES string of the molecule is Cc1ccc([C@H](Nc2ccccc2)[P@@](=O)(O[C@@H]2C[C@H](C)CC[C@@H]2C(C)C)c2ccc(N(C)C)cc2)cc1. The van der Waals surface area contributed by atoms with Crippen LogP contribution in [0.4, 0.5) is 11.4 Å². The number of benzene rings is 3. The molecule has 5 atom stereocenters. The van der Waals surface area contributed by atoms with Crippen LogP contribution in [0.25, 0.3) is 0 Å². The molecule has 5 heteroatoms. The molecule has 0 saturated heterocycles. The monoisotopic (exact) mass is 518 g/mol. The molecule has 1 aliphatic carbocycles. The van der Waals surface area contributed by atoms with Crippen LogP contribution < -0.4 is 15.5 Å². The molecule has 198 valence electrons. The number of nitrogens with zero attached hydrogens (tertiary/aromatic N) is 1. The quantitative estimate of drug-likeness (QED) is 0.290. The molecule has 3 aromatic carbocycles. The molecule has 4 nitrogen and oxygen atoms in total. The Morgan fingerprint density at radius 1 is 0.919 bits per heavy atom. The van der Waals surface area contributed by atoms with Crippen LogP contribution in [0.15, 0.2) is 78.9 Å². The van der Waals surface area contributed by atoms with Crippen molar-refractivity contribution in [3.8, 4) is 0 Å². The lowest BCUT2D eigenvalue weighted by Crippen LogP contribution is -2.35. The molecule has 3 aromatic rings. The van der Waals surface area contributed by atoms with Crippen molar-refractivity contribution in [2.75, 3.05) is 24.3 Å². The van der Waals surface area contributed by atoms with Gasteiger partial charge in [0.15, 0.2) is 0 Å². The van der Waals surface area contributed by atoms with Crippen molar-refractivity contribution in [3.05, 3.63) is 90.0 Å². The Morgan fingerprint density at radius 2 is 1.57 bits per heavy atom. The number of hydrogen-bond acceptors (Lipinski definition) is 4. The van der Waals surface area contributed by atoms with Gasteiger partial charge >= 0.3 is 0 Å². The first-order valence-electron chi connectivity index (χ1n) is 13.6. The minimum absolute atomic E-state index is 0.0476. The Kier molecular flexibility index (Phi) is 8.82. The van der Waals surface area contributed by atoms with Gasteiger partial charge in [-0.05, 0) is 79.5 Å². The van der Waals surface area contributed by atoms with Crippen molar-refractivity contribution in [2.24, 2.45) is 17.8 Å². The van der Waals surface area contributed by atoms with Gasteiger partial charge in [-0.3, -0.25) is 4.57 Å². The van der Waals surface area contributed by atoms with Crippen molar-refractivity contribution in [1.82, 2.24) is 0 Å². The van der Waals surface area contributed by atoms with Crippen LogP contribution in [-0.4, -0.2) is 20.2 Å². The third-order valence-electron chi connectivity index (χ3n) is 7.79. The smallest absolute Gasteiger partial charge is 0.258 e. The Hall–Kier alpha value is -2.55. The van der Waals surface area contributed by atoms with Gasteiger partial charge < -0.3 is 14.7 Å². The zero-order chi connectivity index (χ0) is 26.6. The number of hydrogen-bond donors (Lipinski definition) is 1. The first-order chi connectivity index (χ1) is 17.7. The maximum Gasteiger partial charge on any atom is 0.258 e. The fourth-order valence-corrected chi connectivity index (χ4v) is 8.11. The average molecular weight is 519 g/mol. The minimum atomic E-state index is -3.44.